The molecule has 0 spiro atoms. The average Bonchev–Trinajstić information content (AvgIpc) is 2.35. The minimum absolute atomic E-state index is 0.387. The minimum Gasteiger partial charge on any atom is -0.368 e. The van der Waals surface area contributed by atoms with Gasteiger partial charge < -0.3 is 11.1 Å². The number of nitrogens with one attached hydrogen (secondary N) is 2. The van der Waals surface area contributed by atoms with Crippen molar-refractivity contribution in [3.05, 3.63) is 20.7 Å². The fourth-order valence-electron chi connectivity index (χ4n) is 1.63. The highest BCUT2D eigenvalue weighted by Gasteiger charge is 2.29. The first kappa shape index (κ1) is 16.4. The van der Waals surface area contributed by atoms with E-state index in [1.165, 1.54) is 16.4 Å². The van der Waals surface area contributed by atoms with E-state index in [1.807, 2.05) is 6.92 Å². The zero-order valence-corrected chi connectivity index (χ0v) is 12.5. The maximum atomic E-state index is 11.5. The van der Waals surface area contributed by atoms with Gasteiger partial charge in [-0.05, 0) is 19.9 Å². The van der Waals surface area contributed by atoms with Crippen LogP contribution in [0.5, 0.6) is 0 Å². The monoisotopic (exact) mass is 301 g/mol. The number of nitrogens with two attached hydrogens (primary N) is 1. The molecule has 1 aromatic rings. The number of thioether (sulfide) groups is 1. The lowest BCUT2D eigenvalue weighted by Gasteiger charge is -2.26. The Labute approximate surface area is 120 Å². The molecule has 1 amide bonds. The molecule has 0 saturated carbocycles. The Morgan fingerprint density at radius 1 is 1.55 bits per heavy atom. The van der Waals surface area contributed by atoms with Crippen LogP contribution in [0.4, 0.5) is 0 Å². The number of aromatic nitrogens is 3. The van der Waals surface area contributed by atoms with Gasteiger partial charge in [0.2, 0.25) is 5.91 Å². The normalized spacial score (nSPS) is 13.9. The summed E-state index contributed by atoms with van der Waals surface area (Å²) in [5.74, 6) is 0.0990. The molecule has 0 aliphatic carbocycles. The van der Waals surface area contributed by atoms with Crippen molar-refractivity contribution >= 4 is 17.7 Å². The van der Waals surface area contributed by atoms with Gasteiger partial charge in [0.1, 0.15) is 0 Å². The Morgan fingerprint density at radius 2 is 2.20 bits per heavy atom. The summed E-state index contributed by atoms with van der Waals surface area (Å²) in [4.78, 5) is 37.4. The maximum Gasteiger partial charge on any atom is 0.339 e. The van der Waals surface area contributed by atoms with Crippen molar-refractivity contribution in [1.29, 1.82) is 0 Å². The smallest absolute Gasteiger partial charge is 0.339 e. The highest BCUT2D eigenvalue weighted by molar-refractivity contribution is 7.99. The Hall–Kier alpha value is -1.61. The molecule has 0 aliphatic rings. The molecule has 4 N–H and O–H groups in total. The van der Waals surface area contributed by atoms with E-state index in [2.05, 4.69) is 15.4 Å². The zero-order valence-electron chi connectivity index (χ0n) is 11.7. The van der Waals surface area contributed by atoms with E-state index in [1.54, 1.807) is 14.0 Å². The number of primary amides is 1. The van der Waals surface area contributed by atoms with Crippen LogP contribution < -0.4 is 22.2 Å². The number of aromatic amines is 1. The highest BCUT2D eigenvalue weighted by Crippen LogP contribution is 2.18. The van der Waals surface area contributed by atoms with Crippen LogP contribution in [-0.4, -0.2) is 38.5 Å². The summed E-state index contributed by atoms with van der Waals surface area (Å²) in [6.45, 7) is 4.25. The van der Waals surface area contributed by atoms with Crippen LogP contribution in [0.3, 0.4) is 0 Å². The average molecular weight is 301 g/mol. The zero-order chi connectivity index (χ0) is 15.3. The molecule has 1 unspecified atom stereocenters. The van der Waals surface area contributed by atoms with Gasteiger partial charge in [0, 0.05) is 12.8 Å². The first-order valence-corrected chi connectivity index (χ1v) is 7.14. The lowest BCUT2D eigenvalue weighted by Crippen LogP contribution is -2.53. The van der Waals surface area contributed by atoms with E-state index in [4.69, 9.17) is 5.73 Å². The fourth-order valence-corrected chi connectivity index (χ4v) is 2.70. The summed E-state index contributed by atoms with van der Waals surface area (Å²) in [7, 11) is 1.59. The van der Waals surface area contributed by atoms with Gasteiger partial charge in [0.15, 0.2) is 5.16 Å². The van der Waals surface area contributed by atoms with Crippen LogP contribution in [0.25, 0.3) is 0 Å². The second-order valence-corrected chi connectivity index (χ2v) is 5.59. The van der Waals surface area contributed by atoms with Gasteiger partial charge >= 0.3 is 11.1 Å². The molecule has 8 nitrogen and oxygen atoms in total. The third-order valence-corrected chi connectivity index (χ3v) is 3.92. The van der Waals surface area contributed by atoms with Crippen LogP contribution in [0, 0.1) is 0 Å². The molecule has 20 heavy (non-hydrogen) atoms. The van der Waals surface area contributed by atoms with E-state index in [0.29, 0.717) is 23.9 Å². The van der Waals surface area contributed by atoms with Gasteiger partial charge in [-0.1, -0.05) is 18.7 Å². The summed E-state index contributed by atoms with van der Waals surface area (Å²) in [5.41, 5.74) is 3.00. The quantitative estimate of drug-likeness (QED) is 0.429. The van der Waals surface area contributed by atoms with Crippen molar-refractivity contribution in [3.8, 4) is 0 Å². The van der Waals surface area contributed by atoms with Crippen molar-refractivity contribution in [3.63, 3.8) is 0 Å². The maximum absolute atomic E-state index is 11.5. The highest BCUT2D eigenvalue weighted by atomic mass is 32.2. The molecule has 1 atom stereocenters. The molecule has 0 radical (unpaired) electrons. The SMILES string of the molecule is CCNC(C)(CCSc1nc(=O)c(=O)[nH]n1C)C(N)=O. The van der Waals surface area contributed by atoms with E-state index in [9.17, 15) is 14.4 Å². The summed E-state index contributed by atoms with van der Waals surface area (Å²) in [6, 6.07) is 0. The van der Waals surface area contributed by atoms with E-state index >= 15 is 0 Å². The van der Waals surface area contributed by atoms with Crippen LogP contribution in [0.2, 0.25) is 0 Å². The summed E-state index contributed by atoms with van der Waals surface area (Å²) in [5, 5.41) is 5.79. The molecular formula is C11H19N5O3S. The predicted octanol–water partition coefficient (Wildman–Crippen LogP) is -1.20. The van der Waals surface area contributed by atoms with Crippen LogP contribution in [-0.2, 0) is 11.8 Å². The largest absolute Gasteiger partial charge is 0.368 e. The number of hydrogen-bond donors (Lipinski definition) is 3. The molecule has 1 heterocycles. The molecule has 1 aromatic heterocycles. The lowest BCUT2D eigenvalue weighted by atomic mass is 9.98. The fraction of sp³-hybridized carbons (Fsp3) is 0.636. The molecule has 0 bridgehead atoms. The third kappa shape index (κ3) is 3.94. The van der Waals surface area contributed by atoms with Crippen molar-refractivity contribution in [1.82, 2.24) is 20.1 Å². The third-order valence-electron chi connectivity index (χ3n) is 2.89. The number of carbonyl (C=O) groups excluding carboxylic acids is 1. The minimum atomic E-state index is -0.824. The van der Waals surface area contributed by atoms with Gasteiger partial charge in [-0.25, -0.2) is 0 Å². The van der Waals surface area contributed by atoms with Gasteiger partial charge in [-0.15, -0.1) is 0 Å². The number of hydrogen-bond acceptors (Lipinski definition) is 6. The number of aryl methyl sites for hydroxylation is 1. The van der Waals surface area contributed by atoms with Gasteiger partial charge in [0.25, 0.3) is 0 Å². The van der Waals surface area contributed by atoms with Crippen molar-refractivity contribution in [2.75, 3.05) is 12.3 Å². The molecular weight excluding hydrogens is 282 g/mol. The van der Waals surface area contributed by atoms with Crippen molar-refractivity contribution in [2.45, 2.75) is 31.0 Å². The van der Waals surface area contributed by atoms with E-state index in [-0.39, 0.29) is 0 Å². The summed E-state index contributed by atoms with van der Waals surface area (Å²) in [6.07, 6.45) is 0.482. The molecule has 1 rings (SSSR count). The molecule has 0 fully saturated rings. The Morgan fingerprint density at radius 3 is 2.75 bits per heavy atom. The Kier molecular flexibility index (Phi) is 5.52. The molecule has 0 aromatic carbocycles. The first-order valence-electron chi connectivity index (χ1n) is 6.15. The first-order chi connectivity index (χ1) is 9.30. The number of rotatable bonds is 7. The van der Waals surface area contributed by atoms with E-state index < -0.39 is 22.6 Å². The number of carbonyl (C=O) groups is 1. The molecule has 0 saturated heterocycles. The van der Waals surface area contributed by atoms with Crippen LogP contribution >= 0.6 is 11.8 Å². The number of likely N-dealkylation sites (N-methyl/N-ethyl adjacent to an activating group) is 1. The second-order valence-electron chi connectivity index (χ2n) is 4.52. The van der Waals surface area contributed by atoms with Crippen molar-refractivity contribution in [2.24, 2.45) is 12.8 Å². The summed E-state index contributed by atoms with van der Waals surface area (Å²) >= 11 is 1.27. The summed E-state index contributed by atoms with van der Waals surface area (Å²) < 4.78 is 1.38. The van der Waals surface area contributed by atoms with E-state index in [0.717, 1.165) is 0 Å². The number of nitrogens with zero attached hydrogens (tertiary/aromatic N) is 2. The molecule has 112 valence electrons. The molecule has 9 heteroatoms. The Bertz CT molecular complexity index is 596. The Balaban J connectivity index is 2.73. The van der Waals surface area contributed by atoms with Gasteiger partial charge in [0.05, 0.1) is 5.54 Å². The lowest BCUT2D eigenvalue weighted by molar-refractivity contribution is -0.123. The van der Waals surface area contributed by atoms with Crippen LogP contribution in [0.1, 0.15) is 20.3 Å². The topological polar surface area (TPSA) is 123 Å². The number of H-pyrrole nitrogens is 1. The second kappa shape index (κ2) is 6.71. The predicted molar refractivity (Wildman–Crippen MR) is 76.7 cm³/mol. The number of amides is 1. The van der Waals surface area contributed by atoms with Gasteiger partial charge in [-0.3, -0.25) is 24.2 Å². The standard InChI is InChI=1S/C11H19N5O3S/c1-4-13-11(2,9(12)19)5-6-20-10-14-7(17)8(18)15-16(10)3/h13H,4-6H2,1-3H3,(H2,12,19)(H,15,18). The van der Waals surface area contributed by atoms with Gasteiger partial charge in [-0.2, -0.15) is 4.98 Å². The molecule has 0 aliphatic heterocycles. The van der Waals surface area contributed by atoms with Crippen LogP contribution in [0.15, 0.2) is 14.7 Å². The van der Waals surface area contributed by atoms with Crippen molar-refractivity contribution < 1.29 is 4.79 Å².